The molecule has 2 aliphatic heterocycles. The van der Waals surface area contributed by atoms with E-state index in [9.17, 15) is 4.79 Å². The van der Waals surface area contributed by atoms with Gasteiger partial charge in [0.1, 0.15) is 18.1 Å². The van der Waals surface area contributed by atoms with E-state index < -0.39 is 6.10 Å². The first-order chi connectivity index (χ1) is 10.2. The van der Waals surface area contributed by atoms with Gasteiger partial charge in [-0.25, -0.2) is 0 Å². The summed E-state index contributed by atoms with van der Waals surface area (Å²) >= 11 is 0. The summed E-state index contributed by atoms with van der Waals surface area (Å²) in [5.74, 6) is 1.60. The molecule has 1 amide bonds. The monoisotopic (exact) mass is 290 g/mol. The van der Waals surface area contributed by atoms with Gasteiger partial charge in [-0.2, -0.15) is 0 Å². The standard InChI is InChI=1S/C16H22N2O3/c1-11(16(19)18-7-3-4-8-18)21-12-5-6-13-14(17-2)10-20-15(13)9-12/h5-6,9,11,14,17H,3-4,7-8,10H2,1-2H3. The molecular formula is C16H22N2O3. The molecule has 2 heterocycles. The van der Waals surface area contributed by atoms with Crippen molar-refractivity contribution in [2.24, 2.45) is 0 Å². The van der Waals surface area contributed by atoms with Crippen LogP contribution in [-0.4, -0.2) is 43.7 Å². The van der Waals surface area contributed by atoms with Crippen molar-refractivity contribution >= 4 is 5.91 Å². The lowest BCUT2D eigenvalue weighted by atomic mass is 10.1. The first kappa shape index (κ1) is 14.2. The van der Waals surface area contributed by atoms with Crippen LogP contribution in [0.3, 0.4) is 0 Å². The predicted octanol–water partition coefficient (Wildman–Crippen LogP) is 1.73. The zero-order chi connectivity index (χ0) is 14.8. The number of fused-ring (bicyclic) bond motifs is 1. The fraction of sp³-hybridized carbons (Fsp3) is 0.562. The minimum absolute atomic E-state index is 0.0713. The lowest BCUT2D eigenvalue weighted by molar-refractivity contribution is -0.136. The van der Waals surface area contributed by atoms with E-state index in [1.54, 1.807) is 0 Å². The Hall–Kier alpha value is -1.75. The molecule has 2 aliphatic rings. The number of carbonyl (C=O) groups excluding carboxylic acids is 1. The van der Waals surface area contributed by atoms with E-state index in [2.05, 4.69) is 5.32 Å². The maximum absolute atomic E-state index is 12.2. The third-order valence-corrected chi connectivity index (χ3v) is 4.19. The van der Waals surface area contributed by atoms with Gasteiger partial charge < -0.3 is 19.7 Å². The minimum Gasteiger partial charge on any atom is -0.491 e. The second-order valence-corrected chi connectivity index (χ2v) is 5.64. The van der Waals surface area contributed by atoms with Gasteiger partial charge in [-0.15, -0.1) is 0 Å². The van der Waals surface area contributed by atoms with E-state index in [1.165, 1.54) is 0 Å². The Balaban J connectivity index is 1.66. The summed E-state index contributed by atoms with van der Waals surface area (Å²) in [6.45, 7) is 4.15. The predicted molar refractivity (Wildman–Crippen MR) is 79.6 cm³/mol. The Kier molecular flexibility index (Phi) is 4.01. The molecule has 1 saturated heterocycles. The van der Waals surface area contributed by atoms with Crippen molar-refractivity contribution < 1.29 is 14.3 Å². The first-order valence-electron chi connectivity index (χ1n) is 7.58. The molecule has 1 aromatic rings. The Labute approximate surface area is 125 Å². The Morgan fingerprint density at radius 1 is 1.43 bits per heavy atom. The largest absolute Gasteiger partial charge is 0.491 e. The van der Waals surface area contributed by atoms with E-state index in [0.717, 1.165) is 37.2 Å². The average molecular weight is 290 g/mol. The number of likely N-dealkylation sites (N-methyl/N-ethyl adjacent to an activating group) is 1. The number of nitrogens with zero attached hydrogens (tertiary/aromatic N) is 1. The zero-order valence-electron chi connectivity index (χ0n) is 12.6. The highest BCUT2D eigenvalue weighted by molar-refractivity contribution is 5.81. The lowest BCUT2D eigenvalue weighted by Crippen LogP contribution is -2.38. The molecule has 5 nitrogen and oxygen atoms in total. The molecule has 5 heteroatoms. The number of hydrogen-bond acceptors (Lipinski definition) is 4. The molecule has 1 N–H and O–H groups in total. The number of ether oxygens (including phenoxy) is 2. The number of amides is 1. The van der Waals surface area contributed by atoms with E-state index in [0.29, 0.717) is 12.4 Å². The van der Waals surface area contributed by atoms with Gasteiger partial charge in [0.2, 0.25) is 0 Å². The summed E-state index contributed by atoms with van der Waals surface area (Å²) in [4.78, 5) is 14.1. The highest BCUT2D eigenvalue weighted by atomic mass is 16.5. The van der Waals surface area contributed by atoms with Crippen molar-refractivity contribution in [3.8, 4) is 11.5 Å². The van der Waals surface area contributed by atoms with Crippen LogP contribution in [0.15, 0.2) is 18.2 Å². The van der Waals surface area contributed by atoms with Gasteiger partial charge in [0.05, 0.1) is 6.04 Å². The Morgan fingerprint density at radius 2 is 2.19 bits per heavy atom. The van der Waals surface area contributed by atoms with Gasteiger partial charge in [0.15, 0.2) is 6.10 Å². The van der Waals surface area contributed by atoms with Crippen molar-refractivity contribution in [2.45, 2.75) is 31.9 Å². The van der Waals surface area contributed by atoms with Crippen LogP contribution in [0.5, 0.6) is 11.5 Å². The first-order valence-corrected chi connectivity index (χ1v) is 7.58. The molecule has 114 valence electrons. The van der Waals surface area contributed by atoms with Crippen LogP contribution in [0.2, 0.25) is 0 Å². The van der Waals surface area contributed by atoms with Crippen LogP contribution >= 0.6 is 0 Å². The van der Waals surface area contributed by atoms with Crippen LogP contribution in [-0.2, 0) is 4.79 Å². The molecule has 0 bridgehead atoms. The minimum atomic E-state index is -0.456. The maximum atomic E-state index is 12.2. The average Bonchev–Trinajstić information content (AvgIpc) is 3.15. The normalized spacial score (nSPS) is 21.8. The van der Waals surface area contributed by atoms with Gasteiger partial charge in [-0.3, -0.25) is 4.79 Å². The third kappa shape index (κ3) is 2.83. The maximum Gasteiger partial charge on any atom is 0.263 e. The number of carbonyl (C=O) groups is 1. The van der Waals surface area contributed by atoms with Gasteiger partial charge in [-0.05, 0) is 38.9 Å². The van der Waals surface area contributed by atoms with Gasteiger partial charge in [-0.1, -0.05) is 0 Å². The second kappa shape index (κ2) is 5.93. The van der Waals surface area contributed by atoms with E-state index in [4.69, 9.17) is 9.47 Å². The van der Waals surface area contributed by atoms with E-state index >= 15 is 0 Å². The van der Waals surface area contributed by atoms with Crippen LogP contribution < -0.4 is 14.8 Å². The Morgan fingerprint density at radius 3 is 2.90 bits per heavy atom. The molecule has 2 atom stereocenters. The van der Waals surface area contributed by atoms with Gasteiger partial charge in [0, 0.05) is 24.7 Å². The molecule has 0 saturated carbocycles. The molecule has 21 heavy (non-hydrogen) atoms. The summed E-state index contributed by atoms with van der Waals surface area (Å²) in [7, 11) is 1.92. The molecule has 0 spiro atoms. The molecule has 0 aromatic heterocycles. The molecule has 1 fully saturated rings. The van der Waals surface area contributed by atoms with E-state index in [1.807, 2.05) is 37.1 Å². The number of likely N-dealkylation sites (tertiary alicyclic amines) is 1. The summed E-state index contributed by atoms with van der Waals surface area (Å²) in [5, 5.41) is 3.21. The van der Waals surface area contributed by atoms with Crippen LogP contribution in [0, 0.1) is 0 Å². The van der Waals surface area contributed by atoms with Gasteiger partial charge in [0.25, 0.3) is 5.91 Å². The van der Waals surface area contributed by atoms with Crippen LogP contribution in [0.1, 0.15) is 31.4 Å². The smallest absolute Gasteiger partial charge is 0.263 e. The highest BCUT2D eigenvalue weighted by Gasteiger charge is 2.26. The summed E-state index contributed by atoms with van der Waals surface area (Å²) in [5.41, 5.74) is 1.14. The summed E-state index contributed by atoms with van der Waals surface area (Å²) in [6, 6.07) is 6.02. The summed E-state index contributed by atoms with van der Waals surface area (Å²) < 4.78 is 11.4. The topological polar surface area (TPSA) is 50.8 Å². The molecule has 2 unspecified atom stereocenters. The third-order valence-electron chi connectivity index (χ3n) is 4.19. The lowest BCUT2D eigenvalue weighted by Gasteiger charge is -2.21. The van der Waals surface area contributed by atoms with Crippen molar-refractivity contribution in [2.75, 3.05) is 26.7 Å². The SMILES string of the molecule is CNC1COc2cc(OC(C)C(=O)N3CCCC3)ccc21. The van der Waals surface area contributed by atoms with Crippen molar-refractivity contribution in [1.29, 1.82) is 0 Å². The van der Waals surface area contributed by atoms with Crippen molar-refractivity contribution in [1.82, 2.24) is 10.2 Å². The molecule has 0 aliphatic carbocycles. The van der Waals surface area contributed by atoms with Crippen LogP contribution in [0.25, 0.3) is 0 Å². The van der Waals surface area contributed by atoms with Crippen molar-refractivity contribution in [3.63, 3.8) is 0 Å². The van der Waals surface area contributed by atoms with Gasteiger partial charge >= 0.3 is 0 Å². The molecular weight excluding hydrogens is 268 g/mol. The van der Waals surface area contributed by atoms with Crippen LogP contribution in [0.4, 0.5) is 0 Å². The second-order valence-electron chi connectivity index (χ2n) is 5.64. The fourth-order valence-corrected chi connectivity index (χ4v) is 2.95. The number of rotatable bonds is 4. The summed E-state index contributed by atoms with van der Waals surface area (Å²) in [6.07, 6.45) is 1.73. The number of benzene rings is 1. The highest BCUT2D eigenvalue weighted by Crippen LogP contribution is 2.35. The molecule has 1 aromatic carbocycles. The zero-order valence-corrected chi connectivity index (χ0v) is 12.6. The number of nitrogens with one attached hydrogen (secondary N) is 1. The number of hydrogen-bond donors (Lipinski definition) is 1. The fourth-order valence-electron chi connectivity index (χ4n) is 2.95. The molecule has 0 radical (unpaired) electrons. The molecule has 3 rings (SSSR count). The quantitative estimate of drug-likeness (QED) is 0.917. The van der Waals surface area contributed by atoms with E-state index in [-0.39, 0.29) is 11.9 Å². The van der Waals surface area contributed by atoms with Crippen molar-refractivity contribution in [3.05, 3.63) is 23.8 Å². The Bertz CT molecular complexity index is 526.